The SMILES string of the molecule is CC(=O)NCCCC(=O)N1CC2CC(C1)N2. The summed E-state index contributed by atoms with van der Waals surface area (Å²) in [6, 6.07) is 1.05. The van der Waals surface area contributed by atoms with Crippen LogP contribution in [-0.2, 0) is 9.59 Å². The molecule has 3 aliphatic heterocycles. The van der Waals surface area contributed by atoms with Gasteiger partial charge in [0.15, 0.2) is 0 Å². The number of carbonyl (C=O) groups is 2. The number of piperazine rings is 1. The summed E-state index contributed by atoms with van der Waals surface area (Å²) in [5.41, 5.74) is 0. The number of nitrogens with one attached hydrogen (secondary N) is 2. The Bertz CT molecular complexity index is 277. The molecule has 90 valence electrons. The summed E-state index contributed by atoms with van der Waals surface area (Å²) < 4.78 is 0. The molecule has 5 nitrogen and oxygen atoms in total. The topological polar surface area (TPSA) is 61.4 Å². The molecule has 0 aliphatic carbocycles. The van der Waals surface area contributed by atoms with E-state index < -0.39 is 0 Å². The molecule has 3 heterocycles. The van der Waals surface area contributed by atoms with Crippen molar-refractivity contribution in [1.29, 1.82) is 0 Å². The van der Waals surface area contributed by atoms with Crippen molar-refractivity contribution in [3.05, 3.63) is 0 Å². The lowest BCUT2D eigenvalue weighted by Crippen LogP contribution is -2.67. The third-order valence-corrected chi connectivity index (χ3v) is 3.22. The van der Waals surface area contributed by atoms with E-state index in [0.717, 1.165) is 19.5 Å². The maximum Gasteiger partial charge on any atom is 0.222 e. The van der Waals surface area contributed by atoms with Crippen LogP contribution in [0.15, 0.2) is 0 Å². The smallest absolute Gasteiger partial charge is 0.222 e. The van der Waals surface area contributed by atoms with Gasteiger partial charge in [0.05, 0.1) is 0 Å². The Hall–Kier alpha value is -1.10. The molecule has 3 rings (SSSR count). The summed E-state index contributed by atoms with van der Waals surface area (Å²) in [7, 11) is 0. The van der Waals surface area contributed by atoms with Crippen LogP contribution in [0.1, 0.15) is 26.2 Å². The number of nitrogens with zero attached hydrogens (tertiary/aromatic N) is 1. The summed E-state index contributed by atoms with van der Waals surface area (Å²) >= 11 is 0. The normalized spacial score (nSPS) is 27.2. The molecule has 0 aromatic heterocycles. The summed E-state index contributed by atoms with van der Waals surface area (Å²) in [4.78, 5) is 24.4. The van der Waals surface area contributed by atoms with Gasteiger partial charge in [-0.1, -0.05) is 0 Å². The van der Waals surface area contributed by atoms with Crippen LogP contribution in [0.2, 0.25) is 0 Å². The Morgan fingerprint density at radius 2 is 2.00 bits per heavy atom. The summed E-state index contributed by atoms with van der Waals surface area (Å²) in [6.45, 7) is 3.80. The summed E-state index contributed by atoms with van der Waals surface area (Å²) in [6.07, 6.45) is 2.49. The molecular weight excluding hydrogens is 206 g/mol. The van der Waals surface area contributed by atoms with Crippen LogP contribution in [0.3, 0.4) is 0 Å². The van der Waals surface area contributed by atoms with Gasteiger partial charge in [0.25, 0.3) is 0 Å². The van der Waals surface area contributed by atoms with E-state index in [9.17, 15) is 9.59 Å². The van der Waals surface area contributed by atoms with Gasteiger partial charge in [-0.05, 0) is 12.8 Å². The molecule has 2 N–H and O–H groups in total. The second-order valence-electron chi connectivity index (χ2n) is 4.68. The van der Waals surface area contributed by atoms with Gasteiger partial charge in [0.1, 0.15) is 0 Å². The molecular formula is C11H19N3O2. The average Bonchev–Trinajstić information content (AvgIpc) is 2.23. The molecule has 2 unspecified atom stereocenters. The first-order valence-corrected chi connectivity index (χ1v) is 5.93. The molecule has 0 spiro atoms. The Morgan fingerprint density at radius 3 is 2.56 bits per heavy atom. The van der Waals surface area contributed by atoms with Crippen LogP contribution in [0.25, 0.3) is 0 Å². The number of hydrogen-bond donors (Lipinski definition) is 2. The highest BCUT2D eigenvalue weighted by Crippen LogP contribution is 2.21. The molecule has 16 heavy (non-hydrogen) atoms. The quantitative estimate of drug-likeness (QED) is 0.633. The zero-order valence-electron chi connectivity index (χ0n) is 9.66. The number of carbonyl (C=O) groups excluding carboxylic acids is 2. The molecule has 0 radical (unpaired) electrons. The van der Waals surface area contributed by atoms with Crippen molar-refractivity contribution < 1.29 is 9.59 Å². The zero-order valence-corrected chi connectivity index (χ0v) is 9.66. The standard InChI is InChI=1S/C11H19N3O2/c1-8(15)12-4-2-3-11(16)14-6-9-5-10(7-14)13-9/h9-10,13H,2-7H2,1H3,(H,12,15). The highest BCUT2D eigenvalue weighted by atomic mass is 16.2. The van der Waals surface area contributed by atoms with Gasteiger partial charge < -0.3 is 15.5 Å². The Kier molecular flexibility index (Phi) is 3.43. The zero-order chi connectivity index (χ0) is 11.5. The van der Waals surface area contributed by atoms with Crippen LogP contribution < -0.4 is 10.6 Å². The molecule has 3 fully saturated rings. The van der Waals surface area contributed by atoms with Gasteiger partial charge in [-0.25, -0.2) is 0 Å². The molecule has 3 aliphatic rings. The molecule has 2 amide bonds. The van der Waals surface area contributed by atoms with Gasteiger partial charge >= 0.3 is 0 Å². The van der Waals surface area contributed by atoms with Crippen molar-refractivity contribution in [3.63, 3.8) is 0 Å². The molecule has 3 saturated heterocycles. The summed E-state index contributed by atoms with van der Waals surface area (Å²) in [5, 5.41) is 6.09. The minimum Gasteiger partial charge on any atom is -0.356 e. The lowest BCUT2D eigenvalue weighted by atomic mass is 9.91. The second kappa shape index (κ2) is 4.82. The molecule has 2 atom stereocenters. The minimum atomic E-state index is -0.0316. The van der Waals surface area contributed by atoms with Gasteiger partial charge in [0, 0.05) is 45.1 Å². The highest BCUT2D eigenvalue weighted by Gasteiger charge is 2.37. The third kappa shape index (κ3) is 2.72. The maximum absolute atomic E-state index is 11.8. The van der Waals surface area contributed by atoms with E-state index >= 15 is 0 Å². The molecule has 2 bridgehead atoms. The molecule has 0 aromatic carbocycles. The largest absolute Gasteiger partial charge is 0.356 e. The lowest BCUT2D eigenvalue weighted by molar-refractivity contribution is -0.135. The van der Waals surface area contributed by atoms with Crippen LogP contribution in [0.4, 0.5) is 0 Å². The molecule has 0 aromatic rings. The first kappa shape index (κ1) is 11.4. The van der Waals surface area contributed by atoms with E-state index in [1.807, 2.05) is 4.90 Å². The summed E-state index contributed by atoms with van der Waals surface area (Å²) in [5.74, 6) is 0.192. The van der Waals surface area contributed by atoms with E-state index in [4.69, 9.17) is 0 Å². The van der Waals surface area contributed by atoms with Crippen molar-refractivity contribution in [2.24, 2.45) is 0 Å². The number of rotatable bonds is 4. The van der Waals surface area contributed by atoms with Crippen LogP contribution in [0, 0.1) is 0 Å². The highest BCUT2D eigenvalue weighted by molar-refractivity contribution is 5.77. The van der Waals surface area contributed by atoms with Crippen LogP contribution in [0.5, 0.6) is 0 Å². The maximum atomic E-state index is 11.8. The Balaban J connectivity index is 1.62. The van der Waals surface area contributed by atoms with Crippen LogP contribution in [-0.4, -0.2) is 48.4 Å². The second-order valence-corrected chi connectivity index (χ2v) is 4.68. The first-order valence-electron chi connectivity index (χ1n) is 5.93. The van der Waals surface area contributed by atoms with Gasteiger partial charge in [-0.3, -0.25) is 9.59 Å². The average molecular weight is 225 g/mol. The fourth-order valence-electron chi connectivity index (χ4n) is 2.38. The van der Waals surface area contributed by atoms with Gasteiger partial charge in [-0.2, -0.15) is 0 Å². The van der Waals surface area contributed by atoms with Crippen LogP contribution >= 0.6 is 0 Å². The van der Waals surface area contributed by atoms with Crippen molar-refractivity contribution in [1.82, 2.24) is 15.5 Å². The predicted molar refractivity (Wildman–Crippen MR) is 59.8 cm³/mol. The number of piperidine rings is 1. The number of amides is 2. The van der Waals surface area contributed by atoms with Crippen molar-refractivity contribution in [2.75, 3.05) is 19.6 Å². The molecule has 0 saturated carbocycles. The fraction of sp³-hybridized carbons (Fsp3) is 0.818. The lowest BCUT2D eigenvalue weighted by Gasteiger charge is -2.48. The van der Waals surface area contributed by atoms with E-state index in [1.165, 1.54) is 13.3 Å². The van der Waals surface area contributed by atoms with Crippen molar-refractivity contribution in [2.45, 2.75) is 38.3 Å². The van der Waals surface area contributed by atoms with E-state index in [-0.39, 0.29) is 11.8 Å². The third-order valence-electron chi connectivity index (χ3n) is 3.22. The number of hydrogen-bond acceptors (Lipinski definition) is 3. The van der Waals surface area contributed by atoms with Crippen molar-refractivity contribution in [3.8, 4) is 0 Å². The van der Waals surface area contributed by atoms with Gasteiger partial charge in [0.2, 0.25) is 11.8 Å². The first-order chi connectivity index (χ1) is 7.65. The number of fused-ring (bicyclic) bond motifs is 2. The monoisotopic (exact) mass is 225 g/mol. The fourth-order valence-corrected chi connectivity index (χ4v) is 2.38. The van der Waals surface area contributed by atoms with Crippen molar-refractivity contribution >= 4 is 11.8 Å². The molecule has 5 heteroatoms. The predicted octanol–water partition coefficient (Wildman–Crippen LogP) is -0.525. The Labute approximate surface area is 95.6 Å². The minimum absolute atomic E-state index is 0.0316. The van der Waals surface area contributed by atoms with E-state index in [0.29, 0.717) is 25.0 Å². The Morgan fingerprint density at radius 1 is 1.38 bits per heavy atom. The van der Waals surface area contributed by atoms with E-state index in [2.05, 4.69) is 10.6 Å². The van der Waals surface area contributed by atoms with Gasteiger partial charge in [-0.15, -0.1) is 0 Å². The van der Waals surface area contributed by atoms with E-state index in [1.54, 1.807) is 0 Å².